The number of thioether (sulfide) groups is 1. The largest absolute Gasteiger partial charge is 0.357 e. The Hall–Kier alpha value is 0.0500. The summed E-state index contributed by atoms with van der Waals surface area (Å²) in [7, 11) is 0. The topological polar surface area (TPSA) is 36.4 Å². The molecule has 2 N–H and O–H groups in total. The van der Waals surface area contributed by atoms with Gasteiger partial charge in [-0.2, -0.15) is 11.8 Å². The van der Waals surface area contributed by atoms with Crippen molar-refractivity contribution >= 4 is 53.0 Å². The van der Waals surface area contributed by atoms with Crippen molar-refractivity contribution in [2.45, 2.75) is 19.8 Å². The van der Waals surface area contributed by atoms with Crippen molar-refractivity contribution < 1.29 is 0 Å². The van der Waals surface area contributed by atoms with E-state index in [1.165, 1.54) is 10.6 Å². The molecule has 0 radical (unpaired) electrons. The molecule has 110 valence electrons. The number of nitrogens with zero attached hydrogens (tertiary/aromatic N) is 1. The van der Waals surface area contributed by atoms with Crippen LogP contribution in [-0.4, -0.2) is 37.6 Å². The van der Waals surface area contributed by atoms with Crippen LogP contribution < -0.4 is 10.6 Å². The molecule has 0 fully saturated rings. The molecule has 0 atom stereocenters. The van der Waals surface area contributed by atoms with Crippen LogP contribution in [0.2, 0.25) is 0 Å². The Morgan fingerprint density at radius 2 is 2.26 bits per heavy atom. The summed E-state index contributed by atoms with van der Waals surface area (Å²) in [5.74, 6) is 2.12. The van der Waals surface area contributed by atoms with Gasteiger partial charge in [0.05, 0.1) is 0 Å². The van der Waals surface area contributed by atoms with Gasteiger partial charge in [0.1, 0.15) is 0 Å². The summed E-state index contributed by atoms with van der Waals surface area (Å²) in [6.45, 7) is 4.84. The van der Waals surface area contributed by atoms with Crippen LogP contribution in [0.15, 0.2) is 22.5 Å². The predicted octanol–water partition coefficient (Wildman–Crippen LogP) is 3.22. The maximum atomic E-state index is 4.55. The summed E-state index contributed by atoms with van der Waals surface area (Å²) in [6, 6.07) is 4.27. The number of halogens is 1. The minimum atomic E-state index is 0. The Kier molecular flexibility index (Phi) is 13.1. The molecule has 0 saturated heterocycles. The van der Waals surface area contributed by atoms with E-state index >= 15 is 0 Å². The lowest BCUT2D eigenvalue weighted by atomic mass is 10.3. The van der Waals surface area contributed by atoms with Crippen LogP contribution in [0.25, 0.3) is 0 Å². The van der Waals surface area contributed by atoms with E-state index in [1.807, 2.05) is 23.1 Å². The second-order valence-corrected chi connectivity index (χ2v) is 5.88. The van der Waals surface area contributed by atoms with Gasteiger partial charge in [0.25, 0.3) is 0 Å². The molecule has 0 aliphatic carbocycles. The number of rotatable bonds is 8. The first-order valence-electron chi connectivity index (χ1n) is 6.40. The first-order chi connectivity index (χ1) is 8.86. The Balaban J connectivity index is 0.00000324. The van der Waals surface area contributed by atoms with Crippen molar-refractivity contribution in [3.8, 4) is 0 Å². The molecule has 0 saturated carbocycles. The summed E-state index contributed by atoms with van der Waals surface area (Å²) >= 11 is 3.68. The van der Waals surface area contributed by atoms with Gasteiger partial charge in [-0.25, -0.2) is 0 Å². The summed E-state index contributed by atoms with van der Waals surface area (Å²) in [5, 5.41) is 8.77. The predicted molar refractivity (Wildman–Crippen MR) is 100 cm³/mol. The van der Waals surface area contributed by atoms with Crippen LogP contribution >= 0.6 is 47.1 Å². The first-order valence-corrected chi connectivity index (χ1v) is 8.67. The highest BCUT2D eigenvalue weighted by molar-refractivity contribution is 14.0. The van der Waals surface area contributed by atoms with Crippen molar-refractivity contribution in [1.29, 1.82) is 0 Å². The van der Waals surface area contributed by atoms with Crippen molar-refractivity contribution in [2.24, 2.45) is 4.99 Å². The molecule has 1 aromatic rings. The quantitative estimate of drug-likeness (QED) is 0.297. The Morgan fingerprint density at radius 1 is 1.42 bits per heavy atom. The van der Waals surface area contributed by atoms with Crippen LogP contribution in [0.5, 0.6) is 0 Å². The van der Waals surface area contributed by atoms with Crippen LogP contribution in [-0.2, 0) is 6.42 Å². The average molecular weight is 413 g/mol. The van der Waals surface area contributed by atoms with E-state index in [2.05, 4.69) is 46.3 Å². The molecule has 1 rings (SSSR count). The summed E-state index contributed by atoms with van der Waals surface area (Å²) in [4.78, 5) is 5.97. The lowest BCUT2D eigenvalue weighted by molar-refractivity contribution is 0.799. The third-order valence-corrected chi connectivity index (χ3v) is 4.00. The minimum Gasteiger partial charge on any atom is -0.357 e. The zero-order valence-electron chi connectivity index (χ0n) is 11.6. The zero-order valence-corrected chi connectivity index (χ0v) is 15.6. The Morgan fingerprint density at radius 3 is 2.89 bits per heavy atom. The number of thiophene rings is 1. The molecular formula is C13H24IN3S2. The highest BCUT2D eigenvalue weighted by Crippen LogP contribution is 2.07. The van der Waals surface area contributed by atoms with Crippen LogP contribution in [0.1, 0.15) is 18.2 Å². The monoisotopic (exact) mass is 413 g/mol. The molecule has 0 bridgehead atoms. The third-order valence-electron chi connectivity index (χ3n) is 2.36. The Bertz CT molecular complexity index is 329. The van der Waals surface area contributed by atoms with Crippen molar-refractivity contribution in [2.75, 3.05) is 31.6 Å². The van der Waals surface area contributed by atoms with Gasteiger partial charge in [-0.1, -0.05) is 6.07 Å². The van der Waals surface area contributed by atoms with Gasteiger partial charge in [0.15, 0.2) is 5.96 Å². The lowest BCUT2D eigenvalue weighted by Gasteiger charge is -2.10. The van der Waals surface area contributed by atoms with Crippen molar-refractivity contribution in [3.05, 3.63) is 22.4 Å². The molecule has 3 nitrogen and oxygen atoms in total. The highest BCUT2D eigenvalue weighted by atomic mass is 127. The fraction of sp³-hybridized carbons (Fsp3) is 0.615. The van der Waals surface area contributed by atoms with E-state index in [9.17, 15) is 0 Å². The smallest absolute Gasteiger partial charge is 0.191 e. The molecule has 6 heteroatoms. The van der Waals surface area contributed by atoms with Gasteiger partial charge in [0.2, 0.25) is 0 Å². The van der Waals surface area contributed by atoms with Gasteiger partial charge in [-0.3, -0.25) is 4.99 Å². The normalized spacial score (nSPS) is 10.9. The molecule has 1 aromatic heterocycles. The second-order valence-electron chi connectivity index (χ2n) is 3.86. The number of hydrogen-bond donors (Lipinski definition) is 2. The fourth-order valence-electron chi connectivity index (χ4n) is 1.50. The van der Waals surface area contributed by atoms with Crippen LogP contribution in [0.3, 0.4) is 0 Å². The third kappa shape index (κ3) is 9.56. The van der Waals surface area contributed by atoms with E-state index in [0.29, 0.717) is 0 Å². The SMILES string of the molecule is CCNC(=NCCCSC)NCCc1cccs1.I. The Labute approximate surface area is 142 Å². The lowest BCUT2D eigenvalue weighted by Crippen LogP contribution is -2.38. The number of aliphatic imine (C=N–C) groups is 1. The van der Waals surface area contributed by atoms with E-state index < -0.39 is 0 Å². The maximum Gasteiger partial charge on any atom is 0.191 e. The molecule has 19 heavy (non-hydrogen) atoms. The molecule has 0 aromatic carbocycles. The summed E-state index contributed by atoms with van der Waals surface area (Å²) < 4.78 is 0. The van der Waals surface area contributed by atoms with Gasteiger partial charge in [-0.15, -0.1) is 35.3 Å². The van der Waals surface area contributed by atoms with Gasteiger partial charge >= 0.3 is 0 Å². The van der Waals surface area contributed by atoms with E-state index in [-0.39, 0.29) is 24.0 Å². The standard InChI is InChI=1S/C13H23N3S2.HI/c1-3-14-13(15-8-5-10-17-2)16-9-7-12-6-4-11-18-12;/h4,6,11H,3,5,7-10H2,1-2H3,(H2,14,15,16);1H. The maximum absolute atomic E-state index is 4.55. The van der Waals surface area contributed by atoms with E-state index in [1.54, 1.807) is 0 Å². The molecule has 0 aliphatic heterocycles. The van der Waals surface area contributed by atoms with E-state index in [4.69, 9.17) is 0 Å². The van der Waals surface area contributed by atoms with Gasteiger partial charge < -0.3 is 10.6 Å². The molecular weight excluding hydrogens is 389 g/mol. The number of hydrogen-bond acceptors (Lipinski definition) is 3. The van der Waals surface area contributed by atoms with Crippen LogP contribution in [0.4, 0.5) is 0 Å². The number of nitrogens with one attached hydrogen (secondary N) is 2. The molecule has 0 unspecified atom stereocenters. The summed E-state index contributed by atoms with van der Waals surface area (Å²) in [6.07, 6.45) is 4.34. The average Bonchev–Trinajstić information content (AvgIpc) is 2.87. The summed E-state index contributed by atoms with van der Waals surface area (Å²) in [5.41, 5.74) is 0. The van der Waals surface area contributed by atoms with E-state index in [0.717, 1.165) is 38.4 Å². The zero-order chi connectivity index (χ0) is 13.1. The molecule has 1 heterocycles. The molecule has 0 spiro atoms. The van der Waals surface area contributed by atoms with Crippen molar-refractivity contribution in [3.63, 3.8) is 0 Å². The highest BCUT2D eigenvalue weighted by Gasteiger charge is 1.97. The molecule has 0 amide bonds. The second kappa shape index (κ2) is 13.1. The fourth-order valence-corrected chi connectivity index (χ4v) is 2.63. The number of guanidine groups is 1. The van der Waals surface area contributed by atoms with Crippen molar-refractivity contribution in [1.82, 2.24) is 10.6 Å². The van der Waals surface area contributed by atoms with Crippen LogP contribution in [0, 0.1) is 0 Å². The minimum absolute atomic E-state index is 0. The van der Waals surface area contributed by atoms with Gasteiger partial charge in [-0.05, 0) is 43.2 Å². The molecule has 0 aliphatic rings. The first kappa shape index (κ1) is 19.1. The van der Waals surface area contributed by atoms with Gasteiger partial charge in [0, 0.05) is 24.5 Å².